The van der Waals surface area contributed by atoms with Gasteiger partial charge < -0.3 is 19.3 Å². The Morgan fingerprint density at radius 1 is 1.29 bits per heavy atom. The first-order chi connectivity index (χ1) is 13.2. The molecule has 0 aromatic heterocycles. The molecule has 7 heteroatoms. The molecule has 2 aliphatic heterocycles. The molecular formula is C21H24O7. The molecule has 7 nitrogen and oxygen atoms in total. The number of methoxy groups -OCH3 is 1. The van der Waals surface area contributed by atoms with Crippen molar-refractivity contribution in [1.29, 1.82) is 0 Å². The van der Waals surface area contributed by atoms with Gasteiger partial charge in [-0.1, -0.05) is 13.3 Å². The van der Waals surface area contributed by atoms with E-state index >= 15 is 0 Å². The molecule has 0 aromatic rings. The number of ketones is 1. The summed E-state index contributed by atoms with van der Waals surface area (Å²) in [5, 5.41) is 12.3. The van der Waals surface area contributed by atoms with Gasteiger partial charge in [0.25, 0.3) is 0 Å². The number of esters is 2. The Kier molecular flexibility index (Phi) is 2.63. The summed E-state index contributed by atoms with van der Waals surface area (Å²) in [5.41, 5.74) is -5.55. The van der Waals surface area contributed by atoms with Crippen LogP contribution in [0.3, 0.4) is 0 Å². The number of carbonyl (C=O) groups excluding carboxylic acids is 3. The van der Waals surface area contributed by atoms with Gasteiger partial charge in [0.2, 0.25) is 0 Å². The fraction of sp³-hybridized carbons (Fsp3) is 0.762. The lowest BCUT2D eigenvalue weighted by Crippen LogP contribution is -2.83. The van der Waals surface area contributed by atoms with Crippen LogP contribution in [-0.4, -0.2) is 47.7 Å². The second-order valence-corrected chi connectivity index (χ2v) is 10.0. The van der Waals surface area contributed by atoms with E-state index < -0.39 is 63.2 Å². The first-order valence-electron chi connectivity index (χ1n) is 10.1. The Morgan fingerprint density at radius 3 is 2.75 bits per heavy atom. The van der Waals surface area contributed by atoms with Crippen LogP contribution in [0.4, 0.5) is 0 Å². The summed E-state index contributed by atoms with van der Waals surface area (Å²) >= 11 is 0. The number of hydrogen-bond acceptors (Lipinski definition) is 7. The summed E-state index contributed by atoms with van der Waals surface area (Å²) in [4.78, 5) is 40.3. The molecule has 28 heavy (non-hydrogen) atoms. The molecule has 1 unspecified atom stereocenters. The van der Waals surface area contributed by atoms with Gasteiger partial charge in [-0.05, 0) is 25.8 Å². The minimum atomic E-state index is -1.42. The molecule has 5 fully saturated rings. The third-order valence-corrected chi connectivity index (χ3v) is 9.73. The quantitative estimate of drug-likeness (QED) is 0.672. The fourth-order valence-electron chi connectivity index (χ4n) is 8.68. The third kappa shape index (κ3) is 1.17. The van der Waals surface area contributed by atoms with Crippen molar-refractivity contribution < 1.29 is 33.7 Å². The third-order valence-electron chi connectivity index (χ3n) is 9.73. The van der Waals surface area contributed by atoms with Crippen molar-refractivity contribution in [2.75, 3.05) is 7.11 Å². The van der Waals surface area contributed by atoms with Crippen LogP contribution in [0.1, 0.15) is 39.5 Å². The highest BCUT2D eigenvalue weighted by atomic mass is 16.6. The lowest BCUT2D eigenvalue weighted by atomic mass is 9.30. The zero-order valence-electron chi connectivity index (χ0n) is 16.2. The smallest absolute Gasteiger partial charge is 0.316 e. The molecule has 0 aromatic carbocycles. The van der Waals surface area contributed by atoms with Crippen molar-refractivity contribution >= 4 is 17.7 Å². The predicted octanol–water partition coefficient (Wildman–Crippen LogP) is 1.13. The molecule has 150 valence electrons. The second-order valence-electron chi connectivity index (χ2n) is 10.0. The average Bonchev–Trinajstić information content (AvgIpc) is 3.11. The molecule has 4 aliphatic carbocycles. The number of rotatable bonds is 1. The normalized spacial score (nSPS) is 59.6. The maximum Gasteiger partial charge on any atom is 0.316 e. The minimum absolute atomic E-state index is 0.163. The van der Waals surface area contributed by atoms with Gasteiger partial charge in [0.15, 0.2) is 0 Å². The molecule has 0 radical (unpaired) electrons. The van der Waals surface area contributed by atoms with Crippen molar-refractivity contribution in [1.82, 2.24) is 0 Å². The minimum Gasteiger partial charge on any atom is -0.496 e. The van der Waals surface area contributed by atoms with Gasteiger partial charge in [-0.2, -0.15) is 0 Å². The molecule has 2 heterocycles. The lowest BCUT2D eigenvalue weighted by Gasteiger charge is -2.71. The molecule has 2 bridgehead atoms. The zero-order valence-corrected chi connectivity index (χ0v) is 16.2. The van der Waals surface area contributed by atoms with E-state index in [0.717, 1.165) is 0 Å². The van der Waals surface area contributed by atoms with E-state index in [1.54, 1.807) is 13.2 Å². The first kappa shape index (κ1) is 17.0. The van der Waals surface area contributed by atoms with E-state index in [4.69, 9.17) is 14.2 Å². The second kappa shape index (κ2) is 4.32. The molecular weight excluding hydrogens is 364 g/mol. The summed E-state index contributed by atoms with van der Waals surface area (Å²) in [6, 6.07) is 0. The van der Waals surface area contributed by atoms with Gasteiger partial charge in [-0.25, -0.2) is 0 Å². The monoisotopic (exact) mass is 388 g/mol. The maximum absolute atomic E-state index is 14.0. The van der Waals surface area contributed by atoms with E-state index in [1.165, 1.54) is 7.11 Å². The highest BCUT2D eigenvalue weighted by Crippen LogP contribution is 2.85. The van der Waals surface area contributed by atoms with Crippen molar-refractivity contribution in [2.45, 2.75) is 57.3 Å². The van der Waals surface area contributed by atoms with E-state index in [0.29, 0.717) is 19.3 Å². The largest absolute Gasteiger partial charge is 0.496 e. The van der Waals surface area contributed by atoms with Crippen molar-refractivity contribution in [2.24, 2.45) is 33.5 Å². The van der Waals surface area contributed by atoms with Gasteiger partial charge in [0.05, 0.1) is 41.6 Å². The Hall–Kier alpha value is -1.89. The molecule has 6 rings (SSSR count). The van der Waals surface area contributed by atoms with Gasteiger partial charge in [-0.3, -0.25) is 14.4 Å². The number of carbonyl (C=O) groups is 3. The molecule has 1 saturated heterocycles. The predicted molar refractivity (Wildman–Crippen MR) is 92.4 cm³/mol. The molecule has 4 saturated carbocycles. The number of hydrogen-bond donors (Lipinski definition) is 1. The number of aliphatic hydroxyl groups is 1. The van der Waals surface area contributed by atoms with Crippen molar-refractivity contribution in [3.8, 4) is 0 Å². The van der Waals surface area contributed by atoms with Crippen LogP contribution in [0, 0.1) is 33.5 Å². The van der Waals surface area contributed by atoms with E-state index in [1.807, 2.05) is 13.0 Å². The van der Waals surface area contributed by atoms with Gasteiger partial charge in [-0.15, -0.1) is 0 Å². The van der Waals surface area contributed by atoms with Crippen LogP contribution in [0.15, 0.2) is 12.3 Å². The highest BCUT2D eigenvalue weighted by Gasteiger charge is 2.96. The molecule has 1 N–H and O–H groups in total. The fourth-order valence-corrected chi connectivity index (χ4v) is 8.68. The van der Waals surface area contributed by atoms with Gasteiger partial charge >= 0.3 is 11.9 Å². The lowest BCUT2D eigenvalue weighted by molar-refractivity contribution is -0.303. The van der Waals surface area contributed by atoms with Gasteiger partial charge in [0.1, 0.15) is 23.4 Å². The molecule has 9 atom stereocenters. The van der Waals surface area contributed by atoms with Crippen LogP contribution in [0.5, 0.6) is 0 Å². The SMILES string of the molecule is COC(=O)[C@]1(C)CCC[C@]23C(=O)O[C@@H]4C[C@@]2(O)[C@]2(C)[C@H](C(=O)[C@H]13)C1OC=C[C@@]142. The number of Topliss-reactive ketones (excluding diaryl/α,β-unsaturated/α-hetero) is 1. The van der Waals surface area contributed by atoms with Crippen LogP contribution >= 0.6 is 0 Å². The van der Waals surface area contributed by atoms with Crippen molar-refractivity contribution in [3.63, 3.8) is 0 Å². The molecule has 0 amide bonds. The van der Waals surface area contributed by atoms with E-state index in [-0.39, 0.29) is 12.2 Å². The van der Waals surface area contributed by atoms with Crippen LogP contribution in [0.25, 0.3) is 0 Å². The van der Waals surface area contributed by atoms with Gasteiger partial charge in [0, 0.05) is 11.8 Å². The summed E-state index contributed by atoms with van der Waals surface area (Å²) in [6.45, 7) is 3.61. The van der Waals surface area contributed by atoms with Crippen LogP contribution in [-0.2, 0) is 28.6 Å². The first-order valence-corrected chi connectivity index (χ1v) is 10.1. The highest BCUT2D eigenvalue weighted by molar-refractivity contribution is 6.01. The van der Waals surface area contributed by atoms with E-state index in [9.17, 15) is 19.5 Å². The summed E-state index contributed by atoms with van der Waals surface area (Å²) in [5.74, 6) is -2.77. The van der Waals surface area contributed by atoms with Crippen molar-refractivity contribution in [3.05, 3.63) is 12.3 Å². The Morgan fingerprint density at radius 2 is 2.04 bits per heavy atom. The summed E-state index contributed by atoms with van der Waals surface area (Å²) in [6.07, 6.45) is 4.08. The maximum atomic E-state index is 14.0. The Balaban J connectivity index is 1.67. The Labute approximate surface area is 162 Å². The van der Waals surface area contributed by atoms with E-state index in [2.05, 4.69) is 0 Å². The average molecular weight is 388 g/mol. The number of fused-ring (bicyclic) bond motifs is 2. The Bertz CT molecular complexity index is 895. The topological polar surface area (TPSA) is 99.1 Å². The standard InChI is InChI=1S/C21H24O7/c1-17(15(23)26-3)5-4-6-20-13(17)12(22)11-14-19(7-8-27-14)10(28-16(20)24)9-21(20,25)18(11,19)2/h7-8,10-11,13-14,25H,4-6,9H2,1-3H3/t10-,11-,13-,14?,17-,18-,19+,20+,21-/m1/s1. The number of ether oxygens (including phenoxy) is 3. The summed E-state index contributed by atoms with van der Waals surface area (Å²) < 4.78 is 16.8. The zero-order chi connectivity index (χ0) is 19.9. The van der Waals surface area contributed by atoms with Crippen LogP contribution in [0.2, 0.25) is 0 Å². The summed E-state index contributed by atoms with van der Waals surface area (Å²) in [7, 11) is 1.30. The molecule has 2 spiro atoms. The molecule has 6 aliphatic rings. The van der Waals surface area contributed by atoms with Crippen LogP contribution < -0.4 is 0 Å².